The van der Waals surface area contributed by atoms with Gasteiger partial charge in [-0.1, -0.05) is 11.6 Å². The molecule has 0 saturated carbocycles. The van der Waals surface area contributed by atoms with Gasteiger partial charge in [0.1, 0.15) is 12.2 Å². The zero-order valence-corrected chi connectivity index (χ0v) is 14.0. The van der Waals surface area contributed by atoms with Gasteiger partial charge in [-0.3, -0.25) is 14.6 Å². The second-order valence-corrected chi connectivity index (χ2v) is 6.11. The Hall–Kier alpha value is -1.93. The SMILES string of the molecule is Cc1c(Cl)c(C(=O)N(C)C[C@H]2OCC[C@H]2c2ncn[nH]2)nn1C. The topological polar surface area (TPSA) is 88.9 Å². The monoisotopic (exact) mass is 338 g/mol. The van der Waals surface area contributed by atoms with Crippen molar-refractivity contribution in [1.29, 1.82) is 0 Å². The molecule has 2 aromatic rings. The fourth-order valence-corrected chi connectivity index (χ4v) is 3.03. The number of aryl methyl sites for hydroxylation is 1. The summed E-state index contributed by atoms with van der Waals surface area (Å²) in [6, 6.07) is 0. The molecule has 3 heterocycles. The molecule has 8 nitrogen and oxygen atoms in total. The van der Waals surface area contributed by atoms with Crippen LogP contribution in [-0.4, -0.2) is 62.1 Å². The molecule has 1 saturated heterocycles. The van der Waals surface area contributed by atoms with Crippen LogP contribution in [0.1, 0.15) is 34.3 Å². The first-order chi connectivity index (χ1) is 11.0. The van der Waals surface area contributed by atoms with E-state index in [0.29, 0.717) is 18.2 Å². The minimum absolute atomic E-state index is 0.105. The Balaban J connectivity index is 1.72. The number of carbonyl (C=O) groups excluding carboxylic acids is 1. The number of rotatable bonds is 4. The second-order valence-electron chi connectivity index (χ2n) is 5.73. The minimum atomic E-state index is -0.217. The predicted molar refractivity (Wildman–Crippen MR) is 83.4 cm³/mol. The van der Waals surface area contributed by atoms with Crippen molar-refractivity contribution < 1.29 is 9.53 Å². The lowest BCUT2D eigenvalue weighted by molar-refractivity contribution is 0.0545. The number of aromatic amines is 1. The molecule has 23 heavy (non-hydrogen) atoms. The summed E-state index contributed by atoms with van der Waals surface area (Å²) in [6.45, 7) is 2.91. The summed E-state index contributed by atoms with van der Waals surface area (Å²) in [7, 11) is 3.49. The number of nitrogens with zero attached hydrogens (tertiary/aromatic N) is 5. The van der Waals surface area contributed by atoms with E-state index >= 15 is 0 Å². The minimum Gasteiger partial charge on any atom is -0.376 e. The van der Waals surface area contributed by atoms with E-state index in [-0.39, 0.29) is 23.6 Å². The fraction of sp³-hybridized carbons (Fsp3) is 0.571. The molecule has 124 valence electrons. The molecule has 1 aliphatic rings. The van der Waals surface area contributed by atoms with E-state index in [2.05, 4.69) is 20.3 Å². The van der Waals surface area contributed by atoms with Crippen LogP contribution in [0.3, 0.4) is 0 Å². The van der Waals surface area contributed by atoms with E-state index in [4.69, 9.17) is 16.3 Å². The van der Waals surface area contributed by atoms with Crippen molar-refractivity contribution in [2.75, 3.05) is 20.2 Å². The molecule has 2 atom stereocenters. The Morgan fingerprint density at radius 1 is 1.61 bits per heavy atom. The average molecular weight is 339 g/mol. The maximum atomic E-state index is 12.6. The maximum absolute atomic E-state index is 12.6. The third-order valence-corrected chi connectivity index (χ3v) is 4.71. The summed E-state index contributed by atoms with van der Waals surface area (Å²) in [5.74, 6) is 0.680. The molecule has 2 aromatic heterocycles. The molecule has 1 amide bonds. The van der Waals surface area contributed by atoms with Gasteiger partial charge in [0.2, 0.25) is 0 Å². The molecule has 9 heteroatoms. The average Bonchev–Trinajstić information content (AvgIpc) is 3.24. The lowest BCUT2D eigenvalue weighted by Crippen LogP contribution is -2.36. The second kappa shape index (κ2) is 6.29. The number of hydrogen-bond acceptors (Lipinski definition) is 5. The van der Waals surface area contributed by atoms with Crippen LogP contribution in [0, 0.1) is 6.92 Å². The molecule has 1 aliphatic heterocycles. The van der Waals surface area contributed by atoms with Crippen molar-refractivity contribution in [2.45, 2.75) is 25.4 Å². The van der Waals surface area contributed by atoms with Crippen LogP contribution in [0.4, 0.5) is 0 Å². The van der Waals surface area contributed by atoms with Crippen molar-refractivity contribution in [2.24, 2.45) is 7.05 Å². The van der Waals surface area contributed by atoms with Crippen molar-refractivity contribution in [3.05, 3.63) is 28.6 Å². The van der Waals surface area contributed by atoms with Gasteiger partial charge in [0.15, 0.2) is 5.69 Å². The normalized spacial score (nSPS) is 20.9. The van der Waals surface area contributed by atoms with Gasteiger partial charge in [0, 0.05) is 33.2 Å². The van der Waals surface area contributed by atoms with Crippen LogP contribution in [0.5, 0.6) is 0 Å². The van der Waals surface area contributed by atoms with Gasteiger partial charge in [-0.05, 0) is 13.3 Å². The number of aromatic nitrogens is 5. The Kier molecular flexibility index (Phi) is 4.36. The zero-order chi connectivity index (χ0) is 16.6. The molecular weight excluding hydrogens is 320 g/mol. The van der Waals surface area contributed by atoms with Gasteiger partial charge < -0.3 is 9.64 Å². The van der Waals surface area contributed by atoms with E-state index in [1.165, 1.54) is 6.33 Å². The van der Waals surface area contributed by atoms with Gasteiger partial charge in [-0.2, -0.15) is 10.2 Å². The summed E-state index contributed by atoms with van der Waals surface area (Å²) in [4.78, 5) is 18.4. The Morgan fingerprint density at radius 2 is 2.39 bits per heavy atom. The van der Waals surface area contributed by atoms with Crippen LogP contribution in [-0.2, 0) is 11.8 Å². The fourth-order valence-electron chi connectivity index (χ4n) is 2.79. The standard InChI is InChI=1S/C14H19ClN6O2/c1-8-11(15)12(19-21(8)3)14(22)20(2)6-10-9(4-5-23-10)13-16-7-17-18-13/h7,9-10H,4-6H2,1-3H3,(H,16,17,18)/t9-,10-/m1/s1. The van der Waals surface area contributed by atoms with Crippen LogP contribution < -0.4 is 0 Å². The number of amides is 1. The van der Waals surface area contributed by atoms with E-state index in [1.807, 2.05) is 6.92 Å². The highest BCUT2D eigenvalue weighted by atomic mass is 35.5. The molecular formula is C14H19ClN6O2. The molecule has 1 N–H and O–H groups in total. The lowest BCUT2D eigenvalue weighted by atomic mass is 10.0. The predicted octanol–water partition coefficient (Wildman–Crippen LogP) is 1.14. The van der Waals surface area contributed by atoms with Gasteiger partial charge in [0.05, 0.1) is 16.8 Å². The number of carbonyl (C=O) groups is 1. The van der Waals surface area contributed by atoms with E-state index in [9.17, 15) is 4.79 Å². The summed E-state index contributed by atoms with van der Waals surface area (Å²) < 4.78 is 7.37. The van der Waals surface area contributed by atoms with E-state index in [0.717, 1.165) is 17.9 Å². The molecule has 0 spiro atoms. The molecule has 0 bridgehead atoms. The zero-order valence-electron chi connectivity index (χ0n) is 13.3. The molecule has 0 aromatic carbocycles. The first kappa shape index (κ1) is 15.9. The highest BCUT2D eigenvalue weighted by Gasteiger charge is 2.34. The lowest BCUT2D eigenvalue weighted by Gasteiger charge is -2.23. The highest BCUT2D eigenvalue weighted by Crippen LogP contribution is 2.29. The first-order valence-corrected chi connectivity index (χ1v) is 7.78. The number of H-pyrrole nitrogens is 1. The number of halogens is 1. The molecule has 0 radical (unpaired) electrons. The van der Waals surface area contributed by atoms with Crippen LogP contribution in [0.2, 0.25) is 5.02 Å². The summed E-state index contributed by atoms with van der Waals surface area (Å²) in [6.07, 6.45) is 2.21. The van der Waals surface area contributed by atoms with Crippen LogP contribution in [0.25, 0.3) is 0 Å². The molecule has 3 rings (SSSR count). The third-order valence-electron chi connectivity index (χ3n) is 4.26. The summed E-state index contributed by atoms with van der Waals surface area (Å²) in [5.41, 5.74) is 1.03. The Labute approximate surface area is 138 Å². The highest BCUT2D eigenvalue weighted by molar-refractivity contribution is 6.34. The van der Waals surface area contributed by atoms with Gasteiger partial charge >= 0.3 is 0 Å². The Morgan fingerprint density at radius 3 is 3.00 bits per heavy atom. The number of nitrogens with one attached hydrogen (secondary N) is 1. The van der Waals surface area contributed by atoms with Crippen molar-refractivity contribution in [1.82, 2.24) is 29.9 Å². The third kappa shape index (κ3) is 2.96. The number of likely N-dealkylation sites (N-methyl/N-ethyl adjacent to an activating group) is 1. The summed E-state index contributed by atoms with van der Waals surface area (Å²) >= 11 is 6.19. The molecule has 0 aliphatic carbocycles. The quantitative estimate of drug-likeness (QED) is 0.903. The largest absolute Gasteiger partial charge is 0.376 e. The molecule has 0 unspecified atom stereocenters. The smallest absolute Gasteiger partial charge is 0.275 e. The number of hydrogen-bond donors (Lipinski definition) is 1. The molecule has 1 fully saturated rings. The van der Waals surface area contributed by atoms with Gasteiger partial charge in [-0.15, -0.1) is 0 Å². The van der Waals surface area contributed by atoms with Crippen molar-refractivity contribution in [3.8, 4) is 0 Å². The van der Waals surface area contributed by atoms with Gasteiger partial charge in [-0.25, -0.2) is 4.98 Å². The number of ether oxygens (including phenoxy) is 1. The Bertz CT molecular complexity index is 698. The first-order valence-electron chi connectivity index (χ1n) is 7.40. The van der Waals surface area contributed by atoms with Crippen LogP contribution >= 0.6 is 11.6 Å². The van der Waals surface area contributed by atoms with E-state index < -0.39 is 0 Å². The van der Waals surface area contributed by atoms with Crippen molar-refractivity contribution in [3.63, 3.8) is 0 Å². The van der Waals surface area contributed by atoms with Gasteiger partial charge in [0.25, 0.3) is 5.91 Å². The van der Waals surface area contributed by atoms with Crippen molar-refractivity contribution >= 4 is 17.5 Å². The van der Waals surface area contributed by atoms with Crippen LogP contribution in [0.15, 0.2) is 6.33 Å². The maximum Gasteiger partial charge on any atom is 0.275 e. The summed E-state index contributed by atoms with van der Waals surface area (Å²) in [5, 5.41) is 11.4. The van der Waals surface area contributed by atoms with E-state index in [1.54, 1.807) is 23.7 Å².